The van der Waals surface area contributed by atoms with Crippen molar-refractivity contribution in [2.45, 2.75) is 19.0 Å². The molecule has 1 aromatic rings. The maximum Gasteiger partial charge on any atom is 0.238 e. The number of nitrogens with one attached hydrogen (secondary N) is 2. The SMILES string of the molecule is COc1ccccc1[C@@H](C)NC(=O)C1CSCCN1. The van der Waals surface area contributed by atoms with Crippen molar-refractivity contribution in [1.82, 2.24) is 10.6 Å². The molecule has 5 heteroatoms. The second-order valence-electron chi connectivity index (χ2n) is 4.55. The summed E-state index contributed by atoms with van der Waals surface area (Å²) in [5.74, 6) is 2.78. The summed E-state index contributed by atoms with van der Waals surface area (Å²) in [6, 6.07) is 7.62. The van der Waals surface area contributed by atoms with E-state index in [9.17, 15) is 4.79 Å². The van der Waals surface area contributed by atoms with Crippen LogP contribution in [0.1, 0.15) is 18.5 Å². The van der Waals surface area contributed by atoms with E-state index in [1.54, 1.807) is 7.11 Å². The number of benzene rings is 1. The van der Waals surface area contributed by atoms with Crippen LogP contribution in [0.5, 0.6) is 5.75 Å². The number of carbonyl (C=O) groups excluding carboxylic acids is 1. The summed E-state index contributed by atoms with van der Waals surface area (Å²) in [5, 5.41) is 6.29. The molecule has 0 radical (unpaired) electrons. The van der Waals surface area contributed by atoms with Crippen molar-refractivity contribution in [3.63, 3.8) is 0 Å². The van der Waals surface area contributed by atoms with Crippen molar-refractivity contribution in [1.29, 1.82) is 0 Å². The molecule has 2 rings (SSSR count). The van der Waals surface area contributed by atoms with Crippen molar-refractivity contribution < 1.29 is 9.53 Å². The molecule has 0 bridgehead atoms. The molecule has 1 fully saturated rings. The first-order valence-electron chi connectivity index (χ1n) is 6.47. The Bertz CT molecular complexity index is 433. The molecule has 0 aliphatic carbocycles. The number of para-hydroxylation sites is 1. The number of methoxy groups -OCH3 is 1. The van der Waals surface area contributed by atoms with Gasteiger partial charge in [0.25, 0.3) is 0 Å². The number of carbonyl (C=O) groups is 1. The summed E-state index contributed by atoms with van der Waals surface area (Å²) in [7, 11) is 1.65. The fourth-order valence-corrected chi connectivity index (χ4v) is 3.08. The predicted molar refractivity (Wildman–Crippen MR) is 78.7 cm³/mol. The van der Waals surface area contributed by atoms with Gasteiger partial charge in [0, 0.05) is 23.6 Å². The van der Waals surface area contributed by atoms with Crippen molar-refractivity contribution in [3.8, 4) is 5.75 Å². The Kier molecular flexibility index (Phi) is 5.10. The fourth-order valence-electron chi connectivity index (χ4n) is 2.15. The van der Waals surface area contributed by atoms with Gasteiger partial charge in [-0.2, -0.15) is 11.8 Å². The number of rotatable bonds is 4. The number of amides is 1. The Hall–Kier alpha value is -1.20. The molecule has 1 aromatic carbocycles. The fraction of sp³-hybridized carbons (Fsp3) is 0.500. The van der Waals surface area contributed by atoms with E-state index in [1.807, 2.05) is 43.0 Å². The maximum absolute atomic E-state index is 12.2. The van der Waals surface area contributed by atoms with Crippen LogP contribution in [0.25, 0.3) is 0 Å². The summed E-state index contributed by atoms with van der Waals surface area (Å²) in [6.07, 6.45) is 0. The van der Waals surface area contributed by atoms with Crippen LogP contribution >= 0.6 is 11.8 Å². The summed E-state index contributed by atoms with van der Waals surface area (Å²) < 4.78 is 5.32. The van der Waals surface area contributed by atoms with Crippen molar-refractivity contribution in [3.05, 3.63) is 29.8 Å². The number of thioether (sulfide) groups is 1. The first-order valence-corrected chi connectivity index (χ1v) is 7.62. The molecule has 1 heterocycles. The third-order valence-electron chi connectivity index (χ3n) is 3.20. The molecule has 0 aromatic heterocycles. The lowest BCUT2D eigenvalue weighted by atomic mass is 10.1. The molecule has 4 nitrogen and oxygen atoms in total. The van der Waals surface area contributed by atoms with Crippen LogP contribution in [0.2, 0.25) is 0 Å². The zero-order valence-electron chi connectivity index (χ0n) is 11.3. The second-order valence-corrected chi connectivity index (χ2v) is 5.70. The normalized spacial score (nSPS) is 20.6. The minimum Gasteiger partial charge on any atom is -0.496 e. The van der Waals surface area contributed by atoms with E-state index in [2.05, 4.69) is 10.6 Å². The van der Waals surface area contributed by atoms with E-state index >= 15 is 0 Å². The van der Waals surface area contributed by atoms with Gasteiger partial charge in [0.1, 0.15) is 5.75 Å². The summed E-state index contributed by atoms with van der Waals surface area (Å²) >= 11 is 1.81. The van der Waals surface area contributed by atoms with Crippen LogP contribution in [0.15, 0.2) is 24.3 Å². The van der Waals surface area contributed by atoms with Gasteiger partial charge < -0.3 is 15.4 Å². The topological polar surface area (TPSA) is 50.4 Å². The highest BCUT2D eigenvalue weighted by Gasteiger charge is 2.23. The van der Waals surface area contributed by atoms with Crippen LogP contribution in [0.4, 0.5) is 0 Å². The lowest BCUT2D eigenvalue weighted by Crippen LogP contribution is -2.49. The van der Waals surface area contributed by atoms with Gasteiger partial charge in [0.15, 0.2) is 0 Å². The number of hydrogen-bond acceptors (Lipinski definition) is 4. The Labute approximate surface area is 118 Å². The molecule has 2 N–H and O–H groups in total. The number of ether oxygens (including phenoxy) is 1. The minimum absolute atomic E-state index is 0.0580. The lowest BCUT2D eigenvalue weighted by molar-refractivity contribution is -0.123. The molecular weight excluding hydrogens is 260 g/mol. The van der Waals surface area contributed by atoms with E-state index in [0.717, 1.165) is 29.4 Å². The van der Waals surface area contributed by atoms with Gasteiger partial charge in [-0.3, -0.25) is 4.79 Å². The van der Waals surface area contributed by atoms with Crippen LogP contribution in [-0.2, 0) is 4.79 Å². The van der Waals surface area contributed by atoms with Crippen molar-refractivity contribution in [2.75, 3.05) is 25.2 Å². The zero-order chi connectivity index (χ0) is 13.7. The highest BCUT2D eigenvalue weighted by molar-refractivity contribution is 7.99. The Morgan fingerprint density at radius 3 is 3.00 bits per heavy atom. The molecule has 1 aliphatic heterocycles. The van der Waals surface area contributed by atoms with E-state index in [0.29, 0.717) is 0 Å². The second kappa shape index (κ2) is 6.82. The molecule has 1 unspecified atom stereocenters. The third-order valence-corrected chi connectivity index (χ3v) is 4.26. The van der Waals surface area contributed by atoms with Gasteiger partial charge in [0.2, 0.25) is 5.91 Å². The standard InChI is InChI=1S/C14H20N2O2S/c1-10(11-5-3-4-6-13(11)18-2)16-14(17)12-9-19-8-7-15-12/h3-6,10,12,15H,7-9H2,1-2H3,(H,16,17)/t10-,12?/m1/s1. The number of hydrogen-bond donors (Lipinski definition) is 2. The van der Waals surface area contributed by atoms with E-state index in [1.165, 1.54) is 0 Å². The maximum atomic E-state index is 12.2. The quantitative estimate of drug-likeness (QED) is 0.879. The van der Waals surface area contributed by atoms with Gasteiger partial charge in [-0.1, -0.05) is 18.2 Å². The largest absolute Gasteiger partial charge is 0.496 e. The molecule has 1 aliphatic rings. The summed E-state index contributed by atoms with van der Waals surface area (Å²) in [5.41, 5.74) is 1.00. The average molecular weight is 280 g/mol. The van der Waals surface area contributed by atoms with E-state index < -0.39 is 0 Å². The van der Waals surface area contributed by atoms with Gasteiger partial charge >= 0.3 is 0 Å². The first kappa shape index (κ1) is 14.2. The molecular formula is C14H20N2O2S. The van der Waals surface area contributed by atoms with Crippen LogP contribution < -0.4 is 15.4 Å². The molecule has 0 saturated carbocycles. The molecule has 1 saturated heterocycles. The summed E-state index contributed by atoms with van der Waals surface area (Å²) in [4.78, 5) is 12.2. The third kappa shape index (κ3) is 3.64. The van der Waals surface area contributed by atoms with E-state index in [-0.39, 0.29) is 18.0 Å². The van der Waals surface area contributed by atoms with Gasteiger partial charge in [-0.15, -0.1) is 0 Å². The Morgan fingerprint density at radius 2 is 2.32 bits per heavy atom. The highest BCUT2D eigenvalue weighted by Crippen LogP contribution is 2.24. The Morgan fingerprint density at radius 1 is 1.53 bits per heavy atom. The molecule has 2 atom stereocenters. The molecule has 0 spiro atoms. The lowest BCUT2D eigenvalue weighted by Gasteiger charge is -2.25. The van der Waals surface area contributed by atoms with Crippen LogP contribution in [0, 0.1) is 0 Å². The molecule has 1 amide bonds. The van der Waals surface area contributed by atoms with Crippen molar-refractivity contribution in [2.24, 2.45) is 0 Å². The molecule has 104 valence electrons. The van der Waals surface area contributed by atoms with Gasteiger partial charge in [0.05, 0.1) is 19.2 Å². The van der Waals surface area contributed by atoms with Crippen molar-refractivity contribution >= 4 is 17.7 Å². The molecule has 19 heavy (non-hydrogen) atoms. The monoisotopic (exact) mass is 280 g/mol. The minimum atomic E-state index is -0.0871. The summed E-state index contributed by atoms with van der Waals surface area (Å²) in [6.45, 7) is 2.87. The smallest absolute Gasteiger partial charge is 0.238 e. The van der Waals surface area contributed by atoms with Crippen LogP contribution in [-0.4, -0.2) is 37.1 Å². The first-order chi connectivity index (χ1) is 9.22. The van der Waals surface area contributed by atoms with E-state index in [4.69, 9.17) is 4.74 Å². The Balaban J connectivity index is 1.99. The van der Waals surface area contributed by atoms with Gasteiger partial charge in [-0.25, -0.2) is 0 Å². The average Bonchev–Trinajstić information content (AvgIpc) is 2.48. The van der Waals surface area contributed by atoms with Crippen LogP contribution in [0.3, 0.4) is 0 Å². The zero-order valence-corrected chi connectivity index (χ0v) is 12.1. The van der Waals surface area contributed by atoms with Gasteiger partial charge in [-0.05, 0) is 13.0 Å². The highest BCUT2D eigenvalue weighted by atomic mass is 32.2. The predicted octanol–water partition coefficient (Wildman–Crippen LogP) is 1.58.